The van der Waals surface area contributed by atoms with E-state index in [1.165, 1.54) is 19.4 Å². The first-order chi connectivity index (χ1) is 11.4. The normalized spacial score (nSPS) is 11.3. The van der Waals surface area contributed by atoms with Gasteiger partial charge >= 0.3 is 6.18 Å². The van der Waals surface area contributed by atoms with Gasteiger partial charge in [0.1, 0.15) is 5.03 Å². The fraction of sp³-hybridized carbons (Fsp3) is 0.250. The maximum atomic E-state index is 12.8. The third-order valence-electron chi connectivity index (χ3n) is 2.98. The van der Waals surface area contributed by atoms with Gasteiger partial charge in [0.15, 0.2) is 0 Å². The van der Waals surface area contributed by atoms with Crippen LogP contribution in [0.4, 0.5) is 13.2 Å². The predicted molar refractivity (Wildman–Crippen MR) is 84.0 cm³/mol. The number of nitrogens with one attached hydrogen (secondary N) is 1. The molecule has 1 aromatic carbocycles. The number of hydrogen-bond donors (Lipinski definition) is 1. The maximum absolute atomic E-state index is 12.8. The predicted octanol–water partition coefficient (Wildman–Crippen LogP) is 3.63. The Bertz CT molecular complexity index is 708. The van der Waals surface area contributed by atoms with E-state index in [1.54, 1.807) is 18.2 Å². The minimum absolute atomic E-state index is 0.302. The molecule has 0 saturated heterocycles. The van der Waals surface area contributed by atoms with Crippen molar-refractivity contribution in [3.8, 4) is 0 Å². The number of pyridine rings is 1. The number of halogens is 3. The third kappa shape index (κ3) is 4.97. The smallest absolute Gasteiger partial charge is 0.383 e. The van der Waals surface area contributed by atoms with E-state index in [1.807, 2.05) is 0 Å². The number of amides is 1. The zero-order chi connectivity index (χ0) is 17.6. The molecule has 0 unspecified atom stereocenters. The molecule has 2 rings (SSSR count). The summed E-state index contributed by atoms with van der Waals surface area (Å²) in [6.45, 7) is 0.694. The highest BCUT2D eigenvalue weighted by Crippen LogP contribution is 2.34. The van der Waals surface area contributed by atoms with Gasteiger partial charge < -0.3 is 10.1 Å². The SMILES string of the molecule is COCCNC(=O)c1cccnc1Sc1cccc(C(F)(F)F)c1. The second-order valence-corrected chi connectivity index (χ2v) is 5.79. The Morgan fingerprint density at radius 2 is 2.08 bits per heavy atom. The molecule has 0 atom stereocenters. The molecule has 0 aliphatic carbocycles. The molecular weight excluding hydrogens is 341 g/mol. The third-order valence-corrected chi connectivity index (χ3v) is 3.99. The van der Waals surface area contributed by atoms with E-state index in [9.17, 15) is 18.0 Å². The lowest BCUT2D eigenvalue weighted by Gasteiger charge is -2.10. The van der Waals surface area contributed by atoms with Crippen LogP contribution >= 0.6 is 11.8 Å². The largest absolute Gasteiger partial charge is 0.416 e. The van der Waals surface area contributed by atoms with Gasteiger partial charge in [0.25, 0.3) is 5.91 Å². The Kier molecular flexibility index (Phi) is 6.22. The lowest BCUT2D eigenvalue weighted by molar-refractivity contribution is -0.137. The van der Waals surface area contributed by atoms with E-state index in [-0.39, 0.29) is 5.91 Å². The first-order valence-corrected chi connectivity index (χ1v) is 7.80. The molecule has 1 aromatic heterocycles. The lowest BCUT2D eigenvalue weighted by atomic mass is 10.2. The molecule has 1 N–H and O–H groups in total. The molecule has 0 aliphatic heterocycles. The molecular formula is C16H15F3N2O2S. The molecule has 1 heterocycles. The Labute approximate surface area is 141 Å². The van der Waals surface area contributed by atoms with Crippen LogP contribution in [0.3, 0.4) is 0 Å². The van der Waals surface area contributed by atoms with Crippen LogP contribution in [0.2, 0.25) is 0 Å². The number of rotatable bonds is 6. The highest BCUT2D eigenvalue weighted by molar-refractivity contribution is 7.99. The summed E-state index contributed by atoms with van der Waals surface area (Å²) in [5, 5.41) is 3.00. The van der Waals surface area contributed by atoms with Gasteiger partial charge in [-0.15, -0.1) is 0 Å². The van der Waals surface area contributed by atoms with Crippen molar-refractivity contribution in [2.75, 3.05) is 20.3 Å². The Morgan fingerprint density at radius 1 is 1.29 bits per heavy atom. The van der Waals surface area contributed by atoms with E-state index in [2.05, 4.69) is 10.3 Å². The topological polar surface area (TPSA) is 51.2 Å². The Hall–Kier alpha value is -2.06. The van der Waals surface area contributed by atoms with Crippen LogP contribution in [0.1, 0.15) is 15.9 Å². The van der Waals surface area contributed by atoms with Crippen molar-refractivity contribution in [1.29, 1.82) is 0 Å². The molecule has 0 saturated carbocycles. The number of hydrogen-bond acceptors (Lipinski definition) is 4. The molecule has 0 aliphatic rings. The minimum Gasteiger partial charge on any atom is -0.383 e. The average molecular weight is 356 g/mol. The monoisotopic (exact) mass is 356 g/mol. The highest BCUT2D eigenvalue weighted by Gasteiger charge is 2.30. The van der Waals surface area contributed by atoms with Crippen molar-refractivity contribution in [3.63, 3.8) is 0 Å². The van der Waals surface area contributed by atoms with Gasteiger partial charge in [-0.05, 0) is 30.3 Å². The Balaban J connectivity index is 2.20. The van der Waals surface area contributed by atoms with Gasteiger partial charge in [0, 0.05) is 24.7 Å². The molecule has 128 valence electrons. The number of aromatic nitrogens is 1. The minimum atomic E-state index is -4.42. The quantitative estimate of drug-likeness (QED) is 0.803. The summed E-state index contributed by atoms with van der Waals surface area (Å²) >= 11 is 1.01. The Morgan fingerprint density at radius 3 is 2.79 bits per heavy atom. The van der Waals surface area contributed by atoms with Crippen molar-refractivity contribution in [2.24, 2.45) is 0 Å². The first-order valence-electron chi connectivity index (χ1n) is 6.99. The molecule has 8 heteroatoms. The van der Waals surface area contributed by atoms with Gasteiger partial charge in [0.05, 0.1) is 17.7 Å². The van der Waals surface area contributed by atoms with Crippen LogP contribution in [0.5, 0.6) is 0 Å². The van der Waals surface area contributed by atoms with Crippen molar-refractivity contribution >= 4 is 17.7 Å². The van der Waals surface area contributed by atoms with Gasteiger partial charge in [-0.1, -0.05) is 17.8 Å². The van der Waals surface area contributed by atoms with Crippen molar-refractivity contribution in [1.82, 2.24) is 10.3 Å². The zero-order valence-electron chi connectivity index (χ0n) is 12.8. The van der Waals surface area contributed by atoms with E-state index < -0.39 is 11.7 Å². The average Bonchev–Trinajstić information content (AvgIpc) is 2.55. The summed E-state index contributed by atoms with van der Waals surface area (Å²) in [7, 11) is 1.52. The summed E-state index contributed by atoms with van der Waals surface area (Å²) in [5.41, 5.74) is -0.439. The zero-order valence-corrected chi connectivity index (χ0v) is 13.6. The summed E-state index contributed by atoms with van der Waals surface area (Å²) in [5.74, 6) is -0.352. The number of benzene rings is 1. The number of carbonyl (C=O) groups is 1. The molecule has 24 heavy (non-hydrogen) atoms. The molecule has 0 bridgehead atoms. The van der Waals surface area contributed by atoms with Gasteiger partial charge in [0.2, 0.25) is 0 Å². The van der Waals surface area contributed by atoms with E-state index in [4.69, 9.17) is 4.74 Å². The van der Waals surface area contributed by atoms with E-state index in [0.29, 0.717) is 28.6 Å². The van der Waals surface area contributed by atoms with Crippen molar-refractivity contribution in [2.45, 2.75) is 16.1 Å². The van der Waals surface area contributed by atoms with Crippen molar-refractivity contribution < 1.29 is 22.7 Å². The molecule has 4 nitrogen and oxygen atoms in total. The molecule has 0 fully saturated rings. The van der Waals surface area contributed by atoms with Crippen molar-refractivity contribution in [3.05, 3.63) is 53.7 Å². The molecule has 2 aromatic rings. The van der Waals surface area contributed by atoms with Crippen LogP contribution in [0.25, 0.3) is 0 Å². The fourth-order valence-corrected chi connectivity index (χ4v) is 2.79. The molecule has 0 radical (unpaired) electrons. The molecule has 1 amide bonds. The number of ether oxygens (including phenoxy) is 1. The summed E-state index contributed by atoms with van der Waals surface area (Å²) in [6, 6.07) is 8.08. The number of methoxy groups -OCH3 is 1. The van der Waals surface area contributed by atoms with Gasteiger partial charge in [-0.2, -0.15) is 13.2 Å². The number of nitrogens with zero attached hydrogens (tertiary/aromatic N) is 1. The van der Waals surface area contributed by atoms with Crippen LogP contribution < -0.4 is 5.32 Å². The second-order valence-electron chi connectivity index (χ2n) is 4.73. The number of alkyl halides is 3. The lowest BCUT2D eigenvalue weighted by Crippen LogP contribution is -2.27. The van der Waals surface area contributed by atoms with E-state index in [0.717, 1.165) is 23.9 Å². The first kappa shape index (κ1) is 18.3. The maximum Gasteiger partial charge on any atom is 0.416 e. The summed E-state index contributed by atoms with van der Waals surface area (Å²) in [6.07, 6.45) is -2.93. The van der Waals surface area contributed by atoms with Crippen LogP contribution in [0.15, 0.2) is 52.5 Å². The number of carbonyl (C=O) groups excluding carboxylic acids is 1. The second kappa shape index (κ2) is 8.16. The van der Waals surface area contributed by atoms with E-state index >= 15 is 0 Å². The standard InChI is InChI=1S/C16H15F3N2O2S/c1-23-9-8-20-14(22)13-6-3-7-21-15(13)24-12-5-2-4-11(10-12)16(17,18)19/h2-7,10H,8-9H2,1H3,(H,20,22). The summed E-state index contributed by atoms with van der Waals surface area (Å²) < 4.78 is 43.2. The van der Waals surface area contributed by atoms with Crippen LogP contribution in [-0.4, -0.2) is 31.2 Å². The van der Waals surface area contributed by atoms with Crippen LogP contribution in [0, 0.1) is 0 Å². The summed E-state index contributed by atoms with van der Waals surface area (Å²) in [4.78, 5) is 16.6. The molecule has 0 spiro atoms. The van der Waals surface area contributed by atoms with Gasteiger partial charge in [-0.25, -0.2) is 4.98 Å². The van der Waals surface area contributed by atoms with Crippen LogP contribution in [-0.2, 0) is 10.9 Å². The fourth-order valence-electron chi connectivity index (χ4n) is 1.85. The van der Waals surface area contributed by atoms with Gasteiger partial charge in [-0.3, -0.25) is 4.79 Å². The highest BCUT2D eigenvalue weighted by atomic mass is 32.2.